The second-order valence-electron chi connectivity index (χ2n) is 5.42. The van der Waals surface area contributed by atoms with E-state index in [-0.39, 0.29) is 10.7 Å². The highest BCUT2D eigenvalue weighted by molar-refractivity contribution is 7.92. The molecule has 0 amide bonds. The van der Waals surface area contributed by atoms with Crippen molar-refractivity contribution >= 4 is 15.8 Å². The Morgan fingerprint density at radius 2 is 1.64 bits per heavy atom. The molecule has 0 aliphatic heterocycles. The first-order valence-corrected chi connectivity index (χ1v) is 9.04. The van der Waals surface area contributed by atoms with E-state index in [0.717, 1.165) is 11.1 Å². The molecule has 0 bridgehead atoms. The van der Waals surface area contributed by atoms with Gasteiger partial charge in [-0.2, -0.15) is 0 Å². The summed E-state index contributed by atoms with van der Waals surface area (Å²) in [6.45, 7) is 1.89. The summed E-state index contributed by atoms with van der Waals surface area (Å²) in [5.74, 6) is 0.823. The largest absolute Gasteiger partial charge is 0.496 e. The van der Waals surface area contributed by atoms with Gasteiger partial charge < -0.3 is 4.74 Å². The summed E-state index contributed by atoms with van der Waals surface area (Å²) < 4.78 is 32.5. The van der Waals surface area contributed by atoms with Crippen molar-refractivity contribution in [1.29, 1.82) is 0 Å². The van der Waals surface area contributed by atoms with Gasteiger partial charge in [-0.25, -0.2) is 8.42 Å². The molecule has 6 nitrogen and oxygen atoms in total. The van der Waals surface area contributed by atoms with Crippen LogP contribution in [0.15, 0.2) is 65.6 Å². The molecule has 1 aromatic heterocycles. The SMILES string of the molecule is COc1ccccc1-c1ccc(NS(=O)(=O)c2ccc(C)cc2)nn1. The minimum Gasteiger partial charge on any atom is -0.496 e. The first-order valence-electron chi connectivity index (χ1n) is 7.56. The standard InChI is InChI=1S/C18H17N3O3S/c1-13-7-9-14(10-8-13)25(22,23)21-18-12-11-16(19-20-18)15-5-3-4-6-17(15)24-2/h3-12H,1-2H3,(H,20,21). The van der Waals surface area contributed by atoms with E-state index in [1.807, 2.05) is 31.2 Å². The Morgan fingerprint density at radius 1 is 0.920 bits per heavy atom. The lowest BCUT2D eigenvalue weighted by Gasteiger charge is -2.09. The van der Waals surface area contributed by atoms with Crippen molar-refractivity contribution in [3.63, 3.8) is 0 Å². The normalized spacial score (nSPS) is 11.1. The molecule has 128 valence electrons. The summed E-state index contributed by atoms with van der Waals surface area (Å²) in [5, 5.41) is 8.06. The number of methoxy groups -OCH3 is 1. The molecule has 0 fully saturated rings. The second kappa shape index (κ2) is 6.90. The maximum Gasteiger partial charge on any atom is 0.263 e. The molecule has 0 saturated carbocycles. The summed E-state index contributed by atoms with van der Waals surface area (Å²) >= 11 is 0. The molecule has 1 heterocycles. The molecule has 0 spiro atoms. The van der Waals surface area contributed by atoms with Gasteiger partial charge in [-0.3, -0.25) is 4.72 Å². The molecule has 1 N–H and O–H groups in total. The second-order valence-corrected chi connectivity index (χ2v) is 7.11. The van der Waals surface area contributed by atoms with E-state index in [9.17, 15) is 8.42 Å². The van der Waals surface area contributed by atoms with Crippen LogP contribution in [0.3, 0.4) is 0 Å². The van der Waals surface area contributed by atoms with Crippen LogP contribution in [0.4, 0.5) is 5.82 Å². The number of nitrogens with one attached hydrogen (secondary N) is 1. The minimum absolute atomic E-state index is 0.152. The summed E-state index contributed by atoms with van der Waals surface area (Å²) in [5.41, 5.74) is 2.36. The predicted molar refractivity (Wildman–Crippen MR) is 96.0 cm³/mol. The molecule has 2 aromatic carbocycles. The van der Waals surface area contributed by atoms with Crippen molar-refractivity contribution in [2.75, 3.05) is 11.8 Å². The number of hydrogen-bond acceptors (Lipinski definition) is 5. The molecular formula is C18H17N3O3S. The third-order valence-corrected chi connectivity index (χ3v) is 4.99. The van der Waals surface area contributed by atoms with Gasteiger partial charge in [0.1, 0.15) is 5.75 Å². The van der Waals surface area contributed by atoms with Gasteiger partial charge >= 0.3 is 0 Å². The van der Waals surface area contributed by atoms with E-state index in [2.05, 4.69) is 14.9 Å². The number of aryl methyl sites for hydroxylation is 1. The molecule has 0 unspecified atom stereocenters. The molecule has 25 heavy (non-hydrogen) atoms. The van der Waals surface area contributed by atoms with Gasteiger partial charge in [0.2, 0.25) is 0 Å². The van der Waals surface area contributed by atoms with Crippen LogP contribution in [-0.4, -0.2) is 25.7 Å². The van der Waals surface area contributed by atoms with Crippen molar-refractivity contribution in [3.8, 4) is 17.0 Å². The quantitative estimate of drug-likeness (QED) is 0.760. The number of ether oxygens (including phenoxy) is 1. The number of sulfonamides is 1. The van der Waals surface area contributed by atoms with Crippen molar-refractivity contribution in [2.45, 2.75) is 11.8 Å². The van der Waals surface area contributed by atoms with Crippen LogP contribution in [0.1, 0.15) is 5.56 Å². The number of aromatic nitrogens is 2. The van der Waals surface area contributed by atoms with Gasteiger partial charge in [0.15, 0.2) is 5.82 Å². The third kappa shape index (κ3) is 3.77. The van der Waals surface area contributed by atoms with E-state index in [1.165, 1.54) is 0 Å². The Balaban J connectivity index is 1.84. The van der Waals surface area contributed by atoms with Crippen LogP contribution in [-0.2, 0) is 10.0 Å². The smallest absolute Gasteiger partial charge is 0.263 e. The van der Waals surface area contributed by atoms with Crippen LogP contribution in [0, 0.1) is 6.92 Å². The Labute approximate surface area is 146 Å². The zero-order chi connectivity index (χ0) is 17.9. The molecule has 0 radical (unpaired) electrons. The molecular weight excluding hydrogens is 338 g/mol. The van der Waals surface area contributed by atoms with E-state index in [0.29, 0.717) is 11.4 Å². The summed E-state index contributed by atoms with van der Waals surface area (Å²) in [6, 6.07) is 17.3. The predicted octanol–water partition coefficient (Wildman–Crippen LogP) is 3.26. The summed E-state index contributed by atoms with van der Waals surface area (Å²) in [4.78, 5) is 0.175. The van der Waals surface area contributed by atoms with E-state index in [4.69, 9.17) is 4.74 Å². The van der Waals surface area contributed by atoms with Crippen molar-refractivity contribution in [1.82, 2.24) is 10.2 Å². The molecule has 0 atom stereocenters. The van der Waals surface area contributed by atoms with Crippen molar-refractivity contribution < 1.29 is 13.2 Å². The zero-order valence-electron chi connectivity index (χ0n) is 13.8. The van der Waals surface area contributed by atoms with Crippen molar-refractivity contribution in [2.24, 2.45) is 0 Å². The monoisotopic (exact) mass is 355 g/mol. The van der Waals surface area contributed by atoms with Gasteiger partial charge in [0.25, 0.3) is 10.0 Å². The number of rotatable bonds is 5. The Bertz CT molecular complexity index is 969. The fourth-order valence-corrected chi connectivity index (χ4v) is 3.30. The van der Waals surface area contributed by atoms with E-state index in [1.54, 1.807) is 43.5 Å². The Morgan fingerprint density at radius 3 is 2.28 bits per heavy atom. The molecule has 0 aliphatic rings. The van der Waals surface area contributed by atoms with Crippen molar-refractivity contribution in [3.05, 3.63) is 66.2 Å². The van der Waals surface area contributed by atoms with E-state index < -0.39 is 10.0 Å². The minimum atomic E-state index is -3.70. The first-order chi connectivity index (χ1) is 12.0. The van der Waals surface area contributed by atoms with Gasteiger partial charge in [0.05, 0.1) is 17.7 Å². The molecule has 7 heteroatoms. The first kappa shape index (κ1) is 16.9. The lowest BCUT2D eigenvalue weighted by molar-refractivity contribution is 0.416. The third-order valence-electron chi connectivity index (χ3n) is 3.62. The fraction of sp³-hybridized carbons (Fsp3) is 0.111. The average Bonchev–Trinajstić information content (AvgIpc) is 2.62. The van der Waals surface area contributed by atoms with Gasteiger partial charge in [-0.1, -0.05) is 29.8 Å². The number of benzene rings is 2. The zero-order valence-corrected chi connectivity index (χ0v) is 14.6. The summed E-state index contributed by atoms with van der Waals surface area (Å²) in [7, 11) is -2.12. The van der Waals surface area contributed by atoms with Crippen LogP contribution in [0.5, 0.6) is 5.75 Å². The topological polar surface area (TPSA) is 81.2 Å². The fourth-order valence-electron chi connectivity index (χ4n) is 2.30. The maximum absolute atomic E-state index is 12.4. The van der Waals surface area contributed by atoms with E-state index >= 15 is 0 Å². The Hall–Kier alpha value is -2.93. The molecule has 3 rings (SSSR count). The van der Waals surface area contributed by atoms with Crippen LogP contribution in [0.2, 0.25) is 0 Å². The van der Waals surface area contributed by atoms with Crippen LogP contribution < -0.4 is 9.46 Å². The molecule has 3 aromatic rings. The van der Waals surface area contributed by atoms with Gasteiger partial charge in [-0.05, 0) is 43.3 Å². The summed E-state index contributed by atoms with van der Waals surface area (Å²) in [6.07, 6.45) is 0. The highest BCUT2D eigenvalue weighted by atomic mass is 32.2. The molecule has 0 aliphatic carbocycles. The lowest BCUT2D eigenvalue weighted by Crippen LogP contribution is -2.14. The lowest BCUT2D eigenvalue weighted by atomic mass is 10.1. The highest BCUT2D eigenvalue weighted by Crippen LogP contribution is 2.28. The molecule has 0 saturated heterocycles. The number of para-hydroxylation sites is 1. The average molecular weight is 355 g/mol. The maximum atomic E-state index is 12.4. The number of nitrogens with zero attached hydrogens (tertiary/aromatic N) is 2. The van der Waals surface area contributed by atoms with Gasteiger partial charge in [0, 0.05) is 5.56 Å². The van der Waals surface area contributed by atoms with Crippen LogP contribution >= 0.6 is 0 Å². The van der Waals surface area contributed by atoms with Gasteiger partial charge in [-0.15, -0.1) is 10.2 Å². The van der Waals surface area contributed by atoms with Crippen LogP contribution in [0.25, 0.3) is 11.3 Å². The highest BCUT2D eigenvalue weighted by Gasteiger charge is 2.15. The number of anilines is 1. The Kier molecular flexibility index (Phi) is 4.67. The number of hydrogen-bond donors (Lipinski definition) is 1.